The smallest absolute Gasteiger partial charge is 0.141 e. The van der Waals surface area contributed by atoms with Gasteiger partial charge in [-0.3, -0.25) is 4.79 Å². The summed E-state index contributed by atoms with van der Waals surface area (Å²) in [5.74, 6) is 0.215. The number of carbonyl (C=O) groups is 1. The summed E-state index contributed by atoms with van der Waals surface area (Å²) in [5, 5.41) is 1.05. The first-order chi connectivity index (χ1) is 15.8. The van der Waals surface area contributed by atoms with Gasteiger partial charge in [0.15, 0.2) is 0 Å². The van der Waals surface area contributed by atoms with Gasteiger partial charge >= 0.3 is 0 Å². The van der Waals surface area contributed by atoms with E-state index in [9.17, 15) is 4.79 Å². The first-order valence-electron chi connectivity index (χ1n) is 10.9. The Morgan fingerprint density at radius 3 is 1.88 bits per heavy atom. The molecule has 0 aliphatic carbocycles. The van der Waals surface area contributed by atoms with E-state index in [0.717, 1.165) is 44.4 Å². The molecule has 0 spiro atoms. The van der Waals surface area contributed by atoms with Crippen LogP contribution in [-0.2, 0) is 17.6 Å². The largest absolute Gasteiger partial charge is 0.299 e. The number of hydrogen-bond donors (Lipinski definition) is 0. The van der Waals surface area contributed by atoms with Gasteiger partial charge in [0.05, 0.1) is 11.2 Å². The van der Waals surface area contributed by atoms with Crippen molar-refractivity contribution in [2.75, 3.05) is 0 Å². The molecule has 0 aliphatic heterocycles. The van der Waals surface area contributed by atoms with E-state index in [1.54, 1.807) is 0 Å². The third kappa shape index (κ3) is 4.35. The van der Waals surface area contributed by atoms with Crippen LogP contribution in [0.4, 0.5) is 0 Å². The van der Waals surface area contributed by atoms with E-state index in [2.05, 4.69) is 36.4 Å². The number of pyridine rings is 1. The zero-order valence-electron chi connectivity index (χ0n) is 17.7. The fraction of sp³-hybridized carbons (Fsp3) is 0.0667. The maximum absolute atomic E-state index is 12.6. The predicted octanol–water partition coefficient (Wildman–Crippen LogP) is 6.92. The van der Waals surface area contributed by atoms with E-state index < -0.39 is 0 Å². The minimum absolute atomic E-state index is 0.215. The predicted molar refractivity (Wildman–Crippen MR) is 131 cm³/mol. The van der Waals surface area contributed by atoms with Gasteiger partial charge in [-0.1, -0.05) is 97.1 Å². The van der Waals surface area contributed by atoms with Crippen LogP contribution < -0.4 is 0 Å². The SMILES string of the molecule is O=C(Cc1ccccc1)Cc1ccc2nc(-c3ccccc3)c(-c3ccccc3)cc2c1. The molecule has 1 aromatic heterocycles. The lowest BCUT2D eigenvalue weighted by Gasteiger charge is -2.12. The second-order valence-electron chi connectivity index (χ2n) is 8.02. The number of rotatable bonds is 6. The second kappa shape index (κ2) is 8.99. The molecular formula is C30H23NO. The van der Waals surface area contributed by atoms with Crippen LogP contribution in [0.25, 0.3) is 33.3 Å². The molecule has 0 saturated carbocycles. The molecule has 0 bridgehead atoms. The zero-order chi connectivity index (χ0) is 21.8. The number of fused-ring (bicyclic) bond motifs is 1. The summed E-state index contributed by atoms with van der Waals surface area (Å²) in [6.45, 7) is 0. The van der Waals surface area contributed by atoms with Crippen molar-refractivity contribution in [3.05, 3.63) is 126 Å². The molecule has 4 aromatic carbocycles. The molecule has 2 nitrogen and oxygen atoms in total. The average Bonchev–Trinajstić information content (AvgIpc) is 2.85. The number of aromatic nitrogens is 1. The monoisotopic (exact) mass is 413 g/mol. The highest BCUT2D eigenvalue weighted by Crippen LogP contribution is 2.33. The van der Waals surface area contributed by atoms with Crippen molar-refractivity contribution in [3.8, 4) is 22.4 Å². The van der Waals surface area contributed by atoms with Crippen LogP contribution in [0.5, 0.6) is 0 Å². The number of nitrogens with zero attached hydrogens (tertiary/aromatic N) is 1. The summed E-state index contributed by atoms with van der Waals surface area (Å²) in [5.41, 5.74) is 7.30. The molecule has 0 amide bonds. The first-order valence-corrected chi connectivity index (χ1v) is 10.9. The van der Waals surface area contributed by atoms with Gasteiger partial charge in [0.1, 0.15) is 5.78 Å². The van der Waals surface area contributed by atoms with Crippen molar-refractivity contribution in [2.24, 2.45) is 0 Å². The number of ketones is 1. The lowest BCUT2D eigenvalue weighted by Crippen LogP contribution is -2.06. The van der Waals surface area contributed by atoms with Gasteiger partial charge in [-0.2, -0.15) is 0 Å². The first kappa shape index (κ1) is 19.9. The molecule has 0 radical (unpaired) electrons. The van der Waals surface area contributed by atoms with Crippen LogP contribution in [0.3, 0.4) is 0 Å². The van der Waals surface area contributed by atoms with Crippen molar-refractivity contribution < 1.29 is 4.79 Å². The Morgan fingerprint density at radius 2 is 1.19 bits per heavy atom. The standard InChI is InChI=1S/C30H23NO/c32-27(19-22-10-4-1-5-11-22)20-23-16-17-29-26(18-23)21-28(24-12-6-2-7-13-24)30(31-29)25-14-8-3-9-15-25/h1-18,21H,19-20H2. The second-order valence-corrected chi connectivity index (χ2v) is 8.02. The topological polar surface area (TPSA) is 30.0 Å². The molecule has 0 aliphatic rings. The molecular weight excluding hydrogens is 390 g/mol. The van der Waals surface area contributed by atoms with Crippen LogP contribution in [0.15, 0.2) is 115 Å². The maximum atomic E-state index is 12.6. The number of benzene rings is 4. The van der Waals surface area contributed by atoms with Crippen molar-refractivity contribution in [2.45, 2.75) is 12.8 Å². The molecule has 0 fully saturated rings. The van der Waals surface area contributed by atoms with Crippen molar-refractivity contribution in [3.63, 3.8) is 0 Å². The van der Waals surface area contributed by atoms with E-state index in [4.69, 9.17) is 4.98 Å². The number of Topliss-reactive ketones (excluding diaryl/α,β-unsaturated/α-hetero) is 1. The Morgan fingerprint density at radius 1 is 0.594 bits per heavy atom. The van der Waals surface area contributed by atoms with Gasteiger partial charge in [0.2, 0.25) is 0 Å². The summed E-state index contributed by atoms with van der Waals surface area (Å²) in [6, 6.07) is 38.9. The molecule has 1 heterocycles. The lowest BCUT2D eigenvalue weighted by atomic mass is 9.96. The molecule has 0 N–H and O–H groups in total. The highest BCUT2D eigenvalue weighted by atomic mass is 16.1. The third-order valence-corrected chi connectivity index (χ3v) is 5.66. The van der Waals surface area contributed by atoms with Crippen molar-refractivity contribution >= 4 is 16.7 Å². The Hall–Kier alpha value is -4.04. The molecule has 0 saturated heterocycles. The highest BCUT2D eigenvalue weighted by Gasteiger charge is 2.12. The fourth-order valence-corrected chi connectivity index (χ4v) is 4.10. The molecule has 0 atom stereocenters. The van der Waals surface area contributed by atoms with Gasteiger partial charge in [0.25, 0.3) is 0 Å². The van der Waals surface area contributed by atoms with E-state index >= 15 is 0 Å². The average molecular weight is 414 g/mol. The van der Waals surface area contributed by atoms with Crippen LogP contribution in [0, 0.1) is 0 Å². The third-order valence-electron chi connectivity index (χ3n) is 5.66. The zero-order valence-corrected chi connectivity index (χ0v) is 17.7. The normalized spacial score (nSPS) is 10.9. The quantitative estimate of drug-likeness (QED) is 0.302. The van der Waals surface area contributed by atoms with Gasteiger partial charge in [0, 0.05) is 29.4 Å². The summed E-state index contributed by atoms with van der Waals surface area (Å²) in [4.78, 5) is 17.7. The van der Waals surface area contributed by atoms with Gasteiger partial charge in [-0.05, 0) is 34.9 Å². The van der Waals surface area contributed by atoms with E-state index in [0.29, 0.717) is 12.8 Å². The summed E-state index contributed by atoms with van der Waals surface area (Å²) < 4.78 is 0. The van der Waals surface area contributed by atoms with E-state index in [1.807, 2.05) is 78.9 Å². The molecule has 5 rings (SSSR count). The Bertz CT molecular complexity index is 1360. The van der Waals surface area contributed by atoms with Crippen molar-refractivity contribution in [1.29, 1.82) is 0 Å². The summed E-state index contributed by atoms with van der Waals surface area (Å²) in [7, 11) is 0. The van der Waals surface area contributed by atoms with Crippen LogP contribution in [0.1, 0.15) is 11.1 Å². The Labute approximate surface area is 188 Å². The summed E-state index contributed by atoms with van der Waals surface area (Å²) in [6.07, 6.45) is 0.880. The number of hydrogen-bond acceptors (Lipinski definition) is 2. The maximum Gasteiger partial charge on any atom is 0.141 e. The van der Waals surface area contributed by atoms with Crippen LogP contribution in [0.2, 0.25) is 0 Å². The highest BCUT2D eigenvalue weighted by molar-refractivity contribution is 5.92. The lowest BCUT2D eigenvalue weighted by molar-refractivity contribution is -0.117. The molecule has 154 valence electrons. The van der Waals surface area contributed by atoms with Gasteiger partial charge in [-0.25, -0.2) is 4.98 Å². The molecule has 2 heteroatoms. The Balaban J connectivity index is 1.52. The van der Waals surface area contributed by atoms with Crippen LogP contribution >= 0.6 is 0 Å². The number of carbonyl (C=O) groups excluding carboxylic acids is 1. The minimum atomic E-state index is 0.215. The Kier molecular flexibility index (Phi) is 5.59. The molecule has 32 heavy (non-hydrogen) atoms. The van der Waals surface area contributed by atoms with Crippen molar-refractivity contribution in [1.82, 2.24) is 4.98 Å². The van der Waals surface area contributed by atoms with Gasteiger partial charge in [-0.15, -0.1) is 0 Å². The van der Waals surface area contributed by atoms with E-state index in [1.165, 1.54) is 0 Å². The fourth-order valence-electron chi connectivity index (χ4n) is 4.10. The summed E-state index contributed by atoms with van der Waals surface area (Å²) >= 11 is 0. The molecule has 5 aromatic rings. The van der Waals surface area contributed by atoms with Gasteiger partial charge < -0.3 is 0 Å². The van der Waals surface area contributed by atoms with Crippen LogP contribution in [-0.4, -0.2) is 10.8 Å². The minimum Gasteiger partial charge on any atom is -0.299 e. The van der Waals surface area contributed by atoms with E-state index in [-0.39, 0.29) is 5.78 Å². The molecule has 0 unspecified atom stereocenters.